The molecule has 0 saturated carbocycles. The molecule has 1 unspecified atom stereocenters. The summed E-state index contributed by atoms with van der Waals surface area (Å²) >= 11 is 0. The number of hydrogen-bond donors (Lipinski definition) is 1. The second-order valence-electron chi connectivity index (χ2n) is 5.06. The van der Waals surface area contributed by atoms with Crippen molar-refractivity contribution in [1.82, 2.24) is 0 Å². The molecule has 100 valence electrons. The van der Waals surface area contributed by atoms with Crippen LogP contribution >= 0.6 is 0 Å². The van der Waals surface area contributed by atoms with E-state index >= 15 is 0 Å². The van der Waals surface area contributed by atoms with E-state index in [2.05, 4.69) is 26.0 Å². The van der Waals surface area contributed by atoms with E-state index in [9.17, 15) is 4.79 Å². The largest absolute Gasteiger partial charge is 0.369 e. The average molecular weight is 247 g/mol. The highest BCUT2D eigenvalue weighted by atomic mass is 16.1. The monoisotopic (exact) mass is 247 g/mol. The molecule has 1 aromatic rings. The van der Waals surface area contributed by atoms with Crippen LogP contribution in [0.5, 0.6) is 0 Å². The number of carbonyl (C=O) groups is 1. The number of rotatable bonds is 8. The number of hydrogen-bond acceptors (Lipinski definition) is 1. The van der Waals surface area contributed by atoms with E-state index < -0.39 is 0 Å². The first kappa shape index (κ1) is 14.7. The quantitative estimate of drug-likeness (QED) is 0.696. The van der Waals surface area contributed by atoms with Crippen molar-refractivity contribution in [2.75, 3.05) is 0 Å². The third kappa shape index (κ3) is 4.52. The number of benzene rings is 1. The van der Waals surface area contributed by atoms with E-state index in [1.807, 2.05) is 18.2 Å². The van der Waals surface area contributed by atoms with Gasteiger partial charge in [0, 0.05) is 5.92 Å². The maximum Gasteiger partial charge on any atom is 0.221 e. The fourth-order valence-electron chi connectivity index (χ4n) is 2.42. The molecule has 2 heteroatoms. The Labute approximate surface area is 111 Å². The van der Waals surface area contributed by atoms with E-state index in [4.69, 9.17) is 5.73 Å². The molecule has 0 heterocycles. The molecule has 0 aromatic heterocycles. The molecule has 18 heavy (non-hydrogen) atoms. The highest BCUT2D eigenvalue weighted by Crippen LogP contribution is 2.28. The minimum atomic E-state index is -0.164. The molecule has 2 N–H and O–H groups in total. The van der Waals surface area contributed by atoms with Gasteiger partial charge in [-0.15, -0.1) is 0 Å². The van der Waals surface area contributed by atoms with E-state index in [0.717, 1.165) is 12.8 Å². The molecule has 0 aliphatic rings. The lowest BCUT2D eigenvalue weighted by atomic mass is 9.83. The van der Waals surface area contributed by atoms with Crippen LogP contribution in [-0.2, 0) is 4.79 Å². The average Bonchev–Trinajstić information content (AvgIpc) is 2.39. The number of carbonyl (C=O) groups excluding carboxylic acids is 1. The summed E-state index contributed by atoms with van der Waals surface area (Å²) < 4.78 is 0. The van der Waals surface area contributed by atoms with Crippen LogP contribution in [0.4, 0.5) is 0 Å². The van der Waals surface area contributed by atoms with Crippen LogP contribution in [0.3, 0.4) is 0 Å². The molecule has 0 saturated heterocycles. The number of amides is 1. The SMILES string of the molecule is CCCCCCC(C(N)=O)[C@H](C)c1ccccc1. The van der Waals surface area contributed by atoms with Crippen molar-refractivity contribution in [2.24, 2.45) is 11.7 Å². The second-order valence-corrected chi connectivity index (χ2v) is 5.06. The Hall–Kier alpha value is -1.31. The molecule has 2 atom stereocenters. The molecule has 0 bridgehead atoms. The Morgan fingerprint density at radius 3 is 2.39 bits per heavy atom. The number of nitrogens with two attached hydrogens (primary N) is 1. The third-order valence-electron chi connectivity index (χ3n) is 3.66. The maximum atomic E-state index is 11.6. The first-order chi connectivity index (χ1) is 8.66. The van der Waals surface area contributed by atoms with Gasteiger partial charge < -0.3 is 5.73 Å². The summed E-state index contributed by atoms with van der Waals surface area (Å²) in [4.78, 5) is 11.6. The smallest absolute Gasteiger partial charge is 0.221 e. The first-order valence-corrected chi connectivity index (χ1v) is 7.01. The molecular weight excluding hydrogens is 222 g/mol. The van der Waals surface area contributed by atoms with Crippen molar-refractivity contribution in [1.29, 1.82) is 0 Å². The van der Waals surface area contributed by atoms with Gasteiger partial charge >= 0.3 is 0 Å². The lowest BCUT2D eigenvalue weighted by Crippen LogP contribution is -2.27. The van der Waals surface area contributed by atoms with Crippen LogP contribution in [0, 0.1) is 5.92 Å². The summed E-state index contributed by atoms with van der Waals surface area (Å²) in [6.07, 6.45) is 5.66. The van der Waals surface area contributed by atoms with Crippen LogP contribution < -0.4 is 5.73 Å². The fourth-order valence-corrected chi connectivity index (χ4v) is 2.42. The van der Waals surface area contributed by atoms with Gasteiger partial charge in [0.1, 0.15) is 0 Å². The van der Waals surface area contributed by atoms with Gasteiger partial charge in [-0.05, 0) is 17.9 Å². The van der Waals surface area contributed by atoms with Gasteiger partial charge in [-0.25, -0.2) is 0 Å². The normalized spacial score (nSPS) is 14.1. The summed E-state index contributed by atoms with van der Waals surface area (Å²) in [5.41, 5.74) is 6.76. The molecule has 1 rings (SSSR count). The fraction of sp³-hybridized carbons (Fsp3) is 0.562. The van der Waals surface area contributed by atoms with Gasteiger partial charge in [0.05, 0.1) is 0 Å². The lowest BCUT2D eigenvalue weighted by molar-refractivity contribution is -0.122. The number of primary amides is 1. The van der Waals surface area contributed by atoms with Gasteiger partial charge in [-0.1, -0.05) is 69.9 Å². The van der Waals surface area contributed by atoms with Gasteiger partial charge in [0.25, 0.3) is 0 Å². The van der Waals surface area contributed by atoms with Crippen molar-refractivity contribution >= 4 is 5.91 Å². The van der Waals surface area contributed by atoms with Crippen molar-refractivity contribution in [3.8, 4) is 0 Å². The second kappa shape index (κ2) is 7.91. The molecule has 2 nitrogen and oxygen atoms in total. The molecule has 0 aliphatic carbocycles. The van der Waals surface area contributed by atoms with E-state index in [0.29, 0.717) is 0 Å². The topological polar surface area (TPSA) is 43.1 Å². The molecule has 0 aliphatic heterocycles. The van der Waals surface area contributed by atoms with Crippen molar-refractivity contribution in [2.45, 2.75) is 51.9 Å². The summed E-state index contributed by atoms with van der Waals surface area (Å²) in [6, 6.07) is 10.2. The van der Waals surface area contributed by atoms with Gasteiger partial charge in [0.2, 0.25) is 5.91 Å². The van der Waals surface area contributed by atoms with Crippen LogP contribution in [0.25, 0.3) is 0 Å². The molecule has 1 aromatic carbocycles. The van der Waals surface area contributed by atoms with Crippen LogP contribution in [-0.4, -0.2) is 5.91 Å². The Bertz CT molecular complexity index is 347. The zero-order chi connectivity index (χ0) is 13.4. The zero-order valence-electron chi connectivity index (χ0n) is 11.6. The molecular formula is C16H25NO. The predicted molar refractivity (Wildman–Crippen MR) is 76.3 cm³/mol. The van der Waals surface area contributed by atoms with Gasteiger partial charge in [0.15, 0.2) is 0 Å². The molecule has 0 radical (unpaired) electrons. The molecule has 1 amide bonds. The summed E-state index contributed by atoms with van der Waals surface area (Å²) in [5.74, 6) is 0.0115. The lowest BCUT2D eigenvalue weighted by Gasteiger charge is -2.21. The van der Waals surface area contributed by atoms with E-state index in [1.165, 1.54) is 24.8 Å². The van der Waals surface area contributed by atoms with Crippen LogP contribution in [0.2, 0.25) is 0 Å². The highest BCUT2D eigenvalue weighted by molar-refractivity contribution is 5.77. The number of unbranched alkanes of at least 4 members (excludes halogenated alkanes) is 3. The van der Waals surface area contributed by atoms with Crippen molar-refractivity contribution < 1.29 is 4.79 Å². The van der Waals surface area contributed by atoms with Gasteiger partial charge in [-0.2, -0.15) is 0 Å². The third-order valence-corrected chi connectivity index (χ3v) is 3.66. The Balaban J connectivity index is 2.59. The predicted octanol–water partition coefficient (Wildman–Crippen LogP) is 3.86. The first-order valence-electron chi connectivity index (χ1n) is 7.01. The van der Waals surface area contributed by atoms with E-state index in [-0.39, 0.29) is 17.7 Å². The summed E-state index contributed by atoms with van der Waals surface area (Å²) in [5, 5.41) is 0. The highest BCUT2D eigenvalue weighted by Gasteiger charge is 2.23. The molecule has 0 fully saturated rings. The van der Waals surface area contributed by atoms with Crippen molar-refractivity contribution in [3.05, 3.63) is 35.9 Å². The van der Waals surface area contributed by atoms with Crippen molar-refractivity contribution in [3.63, 3.8) is 0 Å². The Morgan fingerprint density at radius 2 is 1.83 bits per heavy atom. The summed E-state index contributed by atoms with van der Waals surface area (Å²) in [6.45, 7) is 4.29. The van der Waals surface area contributed by atoms with Crippen LogP contribution in [0.1, 0.15) is 57.4 Å². The standard InChI is InChI=1S/C16H25NO/c1-3-4-5-9-12-15(16(17)18)13(2)14-10-7-6-8-11-14/h6-8,10-11,13,15H,3-5,9,12H2,1-2H3,(H2,17,18)/t13-,15?/m1/s1. The Kier molecular flexibility index (Phi) is 6.48. The van der Waals surface area contributed by atoms with E-state index in [1.54, 1.807) is 0 Å². The summed E-state index contributed by atoms with van der Waals surface area (Å²) in [7, 11) is 0. The minimum Gasteiger partial charge on any atom is -0.369 e. The minimum absolute atomic E-state index is 0.0377. The van der Waals surface area contributed by atoms with Crippen LogP contribution in [0.15, 0.2) is 30.3 Å². The van der Waals surface area contributed by atoms with Gasteiger partial charge in [-0.3, -0.25) is 4.79 Å². The Morgan fingerprint density at radius 1 is 1.17 bits per heavy atom. The molecule has 0 spiro atoms. The zero-order valence-corrected chi connectivity index (χ0v) is 11.6. The maximum absolute atomic E-state index is 11.6.